The fraction of sp³-hybridized carbons (Fsp3) is 0.647. The summed E-state index contributed by atoms with van der Waals surface area (Å²) in [6.45, 7) is 2.52. The molecule has 3 nitrogen and oxygen atoms in total. The maximum absolute atomic E-state index is 14.0. The molecule has 1 saturated heterocycles. The van der Waals surface area contributed by atoms with Gasteiger partial charge in [-0.1, -0.05) is 18.9 Å². The Balaban J connectivity index is 1.67. The summed E-state index contributed by atoms with van der Waals surface area (Å²) >= 11 is 0. The first kappa shape index (κ1) is 14.8. The van der Waals surface area contributed by atoms with Crippen molar-refractivity contribution >= 4 is 0 Å². The van der Waals surface area contributed by atoms with Gasteiger partial charge in [0, 0.05) is 30.5 Å². The van der Waals surface area contributed by atoms with Gasteiger partial charge < -0.3 is 15.2 Å². The lowest BCUT2D eigenvalue weighted by molar-refractivity contribution is -0.108. The van der Waals surface area contributed by atoms with Gasteiger partial charge in [-0.3, -0.25) is 0 Å². The zero-order valence-corrected chi connectivity index (χ0v) is 12.6. The zero-order valence-electron chi connectivity index (χ0n) is 12.6. The average Bonchev–Trinajstić information content (AvgIpc) is 2.86. The molecule has 0 amide bonds. The minimum atomic E-state index is -0.302. The lowest BCUT2D eigenvalue weighted by Gasteiger charge is -2.38. The minimum absolute atomic E-state index is 0.0210. The smallest absolute Gasteiger partial charge is 0.131 e. The summed E-state index contributed by atoms with van der Waals surface area (Å²) in [5.74, 6) is 0.307. The van der Waals surface area contributed by atoms with Gasteiger partial charge in [-0.25, -0.2) is 4.39 Å². The predicted molar refractivity (Wildman–Crippen MR) is 79.8 cm³/mol. The first-order chi connectivity index (χ1) is 10.1. The van der Waals surface area contributed by atoms with Crippen LogP contribution in [-0.4, -0.2) is 18.3 Å². The Hall–Kier alpha value is -1.13. The van der Waals surface area contributed by atoms with E-state index in [4.69, 9.17) is 15.2 Å². The standard InChI is InChI=1S/C17H24FNO2/c1-12(19)15-5-4-13(10-16(15)18)21-14-6-9-20-17(11-14)7-2-3-8-17/h4-5,10,12,14H,2-3,6-9,11,19H2,1H3. The molecule has 1 aromatic carbocycles. The van der Waals surface area contributed by atoms with Gasteiger partial charge in [-0.15, -0.1) is 0 Å². The van der Waals surface area contributed by atoms with Crippen molar-refractivity contribution in [3.05, 3.63) is 29.6 Å². The molecule has 3 rings (SSSR count). The molecule has 0 aromatic heterocycles. The van der Waals surface area contributed by atoms with Crippen LogP contribution in [0.3, 0.4) is 0 Å². The van der Waals surface area contributed by atoms with E-state index in [1.165, 1.54) is 18.9 Å². The number of nitrogens with two attached hydrogens (primary N) is 1. The van der Waals surface area contributed by atoms with Crippen LogP contribution in [-0.2, 0) is 4.74 Å². The molecule has 2 N–H and O–H groups in total. The van der Waals surface area contributed by atoms with E-state index in [9.17, 15) is 4.39 Å². The predicted octanol–water partition coefficient (Wildman–Crippen LogP) is 3.72. The quantitative estimate of drug-likeness (QED) is 0.924. The van der Waals surface area contributed by atoms with Gasteiger partial charge in [0.25, 0.3) is 0 Å². The van der Waals surface area contributed by atoms with Gasteiger partial charge in [0.05, 0.1) is 12.2 Å². The van der Waals surface area contributed by atoms with Gasteiger partial charge in [0.1, 0.15) is 17.7 Å². The van der Waals surface area contributed by atoms with Crippen molar-refractivity contribution in [1.82, 2.24) is 0 Å². The number of hydrogen-bond acceptors (Lipinski definition) is 3. The van der Waals surface area contributed by atoms with Gasteiger partial charge in [0.15, 0.2) is 0 Å². The second-order valence-electron chi connectivity index (χ2n) is 6.44. The largest absolute Gasteiger partial charge is 0.490 e. The van der Waals surface area contributed by atoms with Crippen LogP contribution in [0.4, 0.5) is 4.39 Å². The minimum Gasteiger partial charge on any atom is -0.490 e. The molecule has 1 saturated carbocycles. The first-order valence-corrected chi connectivity index (χ1v) is 7.94. The molecule has 2 fully saturated rings. The summed E-state index contributed by atoms with van der Waals surface area (Å²) in [4.78, 5) is 0. The van der Waals surface area contributed by atoms with Crippen molar-refractivity contribution in [3.8, 4) is 5.75 Å². The van der Waals surface area contributed by atoms with Gasteiger partial charge in [0.2, 0.25) is 0 Å². The van der Waals surface area contributed by atoms with Crippen LogP contribution < -0.4 is 10.5 Å². The Morgan fingerprint density at radius 3 is 2.81 bits per heavy atom. The van der Waals surface area contributed by atoms with Crippen molar-refractivity contribution in [2.24, 2.45) is 5.73 Å². The van der Waals surface area contributed by atoms with Crippen LogP contribution in [0.25, 0.3) is 0 Å². The molecule has 21 heavy (non-hydrogen) atoms. The number of hydrogen-bond donors (Lipinski definition) is 1. The van der Waals surface area contributed by atoms with Crippen LogP contribution in [0.2, 0.25) is 0 Å². The van der Waals surface area contributed by atoms with Gasteiger partial charge >= 0.3 is 0 Å². The fourth-order valence-corrected chi connectivity index (χ4v) is 3.59. The molecule has 0 bridgehead atoms. The Labute approximate surface area is 125 Å². The van der Waals surface area contributed by atoms with E-state index in [2.05, 4.69) is 0 Å². The second kappa shape index (κ2) is 5.93. The van der Waals surface area contributed by atoms with Crippen LogP contribution in [0.15, 0.2) is 18.2 Å². The third kappa shape index (κ3) is 3.22. The number of halogens is 1. The normalized spacial score (nSPS) is 26.0. The van der Waals surface area contributed by atoms with E-state index < -0.39 is 0 Å². The highest BCUT2D eigenvalue weighted by Crippen LogP contribution is 2.41. The van der Waals surface area contributed by atoms with Crippen LogP contribution in [0, 0.1) is 5.82 Å². The van der Waals surface area contributed by atoms with Gasteiger partial charge in [-0.05, 0) is 25.8 Å². The van der Waals surface area contributed by atoms with E-state index >= 15 is 0 Å². The van der Waals surface area contributed by atoms with Crippen LogP contribution in [0.1, 0.15) is 57.1 Å². The van der Waals surface area contributed by atoms with Crippen LogP contribution in [0.5, 0.6) is 5.75 Å². The third-order valence-corrected chi connectivity index (χ3v) is 4.73. The van der Waals surface area contributed by atoms with Gasteiger partial charge in [-0.2, -0.15) is 0 Å². The van der Waals surface area contributed by atoms with Crippen molar-refractivity contribution < 1.29 is 13.9 Å². The molecule has 1 heterocycles. The summed E-state index contributed by atoms with van der Waals surface area (Å²) in [7, 11) is 0. The average molecular weight is 293 g/mol. The molecule has 1 spiro atoms. The zero-order chi connectivity index (χ0) is 14.9. The van der Waals surface area contributed by atoms with E-state index in [0.717, 1.165) is 32.3 Å². The molecule has 2 aliphatic rings. The van der Waals surface area contributed by atoms with Crippen LogP contribution >= 0.6 is 0 Å². The third-order valence-electron chi connectivity index (χ3n) is 4.73. The summed E-state index contributed by atoms with van der Waals surface area (Å²) in [6, 6.07) is 4.69. The molecule has 2 atom stereocenters. The second-order valence-corrected chi connectivity index (χ2v) is 6.44. The molecule has 2 unspecified atom stereocenters. The lowest BCUT2D eigenvalue weighted by atomic mass is 9.90. The molecule has 0 radical (unpaired) electrons. The fourth-order valence-electron chi connectivity index (χ4n) is 3.59. The molecular weight excluding hydrogens is 269 g/mol. The molecule has 1 aromatic rings. The highest BCUT2D eigenvalue weighted by Gasteiger charge is 2.40. The molecule has 4 heteroatoms. The summed E-state index contributed by atoms with van der Waals surface area (Å²) < 4.78 is 26.0. The van der Waals surface area contributed by atoms with Crippen molar-refractivity contribution in [3.63, 3.8) is 0 Å². The highest BCUT2D eigenvalue weighted by molar-refractivity contribution is 5.30. The molecule has 116 valence electrons. The van der Waals surface area contributed by atoms with E-state index in [-0.39, 0.29) is 23.6 Å². The summed E-state index contributed by atoms with van der Waals surface area (Å²) in [5, 5.41) is 0. The number of ether oxygens (including phenoxy) is 2. The Morgan fingerprint density at radius 2 is 2.14 bits per heavy atom. The van der Waals surface area contributed by atoms with Crippen molar-refractivity contribution in [2.75, 3.05) is 6.61 Å². The van der Waals surface area contributed by atoms with Crippen molar-refractivity contribution in [1.29, 1.82) is 0 Å². The topological polar surface area (TPSA) is 44.5 Å². The number of benzene rings is 1. The summed E-state index contributed by atoms with van der Waals surface area (Å²) in [6.07, 6.45) is 6.66. The summed E-state index contributed by atoms with van der Waals surface area (Å²) in [5.41, 5.74) is 6.28. The highest BCUT2D eigenvalue weighted by atomic mass is 19.1. The maximum Gasteiger partial charge on any atom is 0.131 e. The van der Waals surface area contributed by atoms with E-state index in [1.54, 1.807) is 13.0 Å². The Bertz CT molecular complexity index is 498. The SMILES string of the molecule is CC(N)c1ccc(OC2CCOC3(CCCC3)C2)cc1F. The monoisotopic (exact) mass is 293 g/mol. The molecule has 1 aliphatic carbocycles. The Kier molecular flexibility index (Phi) is 4.18. The van der Waals surface area contributed by atoms with E-state index in [1.807, 2.05) is 6.07 Å². The lowest BCUT2D eigenvalue weighted by Crippen LogP contribution is -2.41. The molecular formula is C17H24FNO2. The number of rotatable bonds is 3. The Morgan fingerprint density at radius 1 is 1.38 bits per heavy atom. The molecule has 1 aliphatic heterocycles. The van der Waals surface area contributed by atoms with Crippen molar-refractivity contribution in [2.45, 2.75) is 63.2 Å². The maximum atomic E-state index is 14.0. The first-order valence-electron chi connectivity index (χ1n) is 7.94. The van der Waals surface area contributed by atoms with E-state index in [0.29, 0.717) is 11.3 Å².